The van der Waals surface area contributed by atoms with Crippen molar-refractivity contribution in [3.8, 4) is 11.4 Å². The minimum Gasteiger partial charge on any atom is -0.343 e. The van der Waals surface area contributed by atoms with Crippen molar-refractivity contribution < 1.29 is 4.79 Å². The molecule has 4 rings (SSSR count). The van der Waals surface area contributed by atoms with Gasteiger partial charge in [-0.2, -0.15) is 4.80 Å². The summed E-state index contributed by atoms with van der Waals surface area (Å²) in [5.41, 5.74) is 1.90. The molecule has 0 fully saturated rings. The van der Waals surface area contributed by atoms with E-state index in [-0.39, 0.29) is 18.5 Å². The summed E-state index contributed by atoms with van der Waals surface area (Å²) >= 11 is 1.61. The third kappa shape index (κ3) is 4.09. The Hall–Kier alpha value is -3.32. The Kier molecular flexibility index (Phi) is 5.02. The first-order valence-electron chi connectivity index (χ1n) is 8.50. The fourth-order valence-electron chi connectivity index (χ4n) is 2.77. The minimum atomic E-state index is -0.198. The van der Waals surface area contributed by atoms with Crippen LogP contribution in [0.15, 0.2) is 78.2 Å². The summed E-state index contributed by atoms with van der Waals surface area (Å²) in [6.45, 7) is 0.00847. The molecular formula is C20H17N5OS. The van der Waals surface area contributed by atoms with Gasteiger partial charge in [0.05, 0.1) is 6.04 Å². The van der Waals surface area contributed by atoms with E-state index < -0.39 is 0 Å². The molecule has 4 aromatic rings. The molecule has 0 saturated carbocycles. The highest BCUT2D eigenvalue weighted by atomic mass is 32.1. The van der Waals surface area contributed by atoms with Gasteiger partial charge in [-0.1, -0.05) is 66.7 Å². The van der Waals surface area contributed by atoms with Crippen molar-refractivity contribution in [3.63, 3.8) is 0 Å². The van der Waals surface area contributed by atoms with Crippen LogP contribution in [0.1, 0.15) is 16.5 Å². The number of hydrogen-bond acceptors (Lipinski definition) is 5. The van der Waals surface area contributed by atoms with Crippen LogP contribution >= 0.6 is 11.3 Å². The molecule has 0 aliphatic rings. The highest BCUT2D eigenvalue weighted by Crippen LogP contribution is 2.25. The van der Waals surface area contributed by atoms with Crippen LogP contribution in [0.25, 0.3) is 11.4 Å². The highest BCUT2D eigenvalue weighted by molar-refractivity contribution is 7.10. The molecule has 7 heteroatoms. The number of carbonyl (C=O) groups is 1. The number of nitrogens with one attached hydrogen (secondary N) is 1. The first kappa shape index (κ1) is 17.1. The molecule has 2 aromatic heterocycles. The molecule has 1 N–H and O–H groups in total. The lowest BCUT2D eigenvalue weighted by atomic mass is 10.1. The molecule has 0 bridgehead atoms. The lowest BCUT2D eigenvalue weighted by molar-refractivity contribution is -0.122. The molecule has 1 amide bonds. The normalized spacial score (nSPS) is 11.9. The van der Waals surface area contributed by atoms with E-state index in [1.165, 1.54) is 4.80 Å². The molecular weight excluding hydrogens is 358 g/mol. The molecule has 2 aromatic carbocycles. The van der Waals surface area contributed by atoms with Crippen LogP contribution in [0, 0.1) is 0 Å². The second kappa shape index (κ2) is 7.92. The van der Waals surface area contributed by atoms with Crippen molar-refractivity contribution in [3.05, 3.63) is 88.6 Å². The Balaban J connectivity index is 1.49. The monoisotopic (exact) mass is 375 g/mol. The van der Waals surface area contributed by atoms with E-state index in [0.29, 0.717) is 5.82 Å². The summed E-state index contributed by atoms with van der Waals surface area (Å²) in [6, 6.07) is 23.3. The van der Waals surface area contributed by atoms with E-state index in [9.17, 15) is 4.79 Å². The van der Waals surface area contributed by atoms with Gasteiger partial charge < -0.3 is 5.32 Å². The second-order valence-corrected chi connectivity index (χ2v) is 6.92. The zero-order valence-electron chi connectivity index (χ0n) is 14.4. The van der Waals surface area contributed by atoms with E-state index in [1.54, 1.807) is 11.3 Å². The Morgan fingerprint density at radius 2 is 1.74 bits per heavy atom. The van der Waals surface area contributed by atoms with Crippen molar-refractivity contribution >= 4 is 17.2 Å². The van der Waals surface area contributed by atoms with E-state index in [4.69, 9.17) is 0 Å². The highest BCUT2D eigenvalue weighted by Gasteiger charge is 2.18. The van der Waals surface area contributed by atoms with Crippen LogP contribution in [0.4, 0.5) is 0 Å². The van der Waals surface area contributed by atoms with Gasteiger partial charge in [-0.3, -0.25) is 4.79 Å². The number of carbonyl (C=O) groups excluding carboxylic acids is 1. The fourth-order valence-corrected chi connectivity index (χ4v) is 3.57. The third-order valence-electron chi connectivity index (χ3n) is 4.04. The Morgan fingerprint density at radius 3 is 2.44 bits per heavy atom. The summed E-state index contributed by atoms with van der Waals surface area (Å²) < 4.78 is 0. The average molecular weight is 375 g/mol. The summed E-state index contributed by atoms with van der Waals surface area (Å²) in [5.74, 6) is 0.329. The van der Waals surface area contributed by atoms with Crippen molar-refractivity contribution in [1.82, 2.24) is 25.5 Å². The van der Waals surface area contributed by atoms with Crippen molar-refractivity contribution in [2.24, 2.45) is 0 Å². The first-order valence-corrected chi connectivity index (χ1v) is 9.38. The summed E-state index contributed by atoms with van der Waals surface area (Å²) in [7, 11) is 0. The van der Waals surface area contributed by atoms with Crippen molar-refractivity contribution in [2.45, 2.75) is 12.6 Å². The SMILES string of the molecule is O=C(Cn1nnc(-c2ccccc2)n1)N[C@H](c1ccccc1)c1cccs1. The van der Waals surface area contributed by atoms with Crippen molar-refractivity contribution in [2.75, 3.05) is 0 Å². The summed E-state index contributed by atoms with van der Waals surface area (Å²) in [4.78, 5) is 15.0. The Morgan fingerprint density at radius 1 is 1.00 bits per heavy atom. The van der Waals surface area contributed by atoms with Crippen LogP contribution in [-0.2, 0) is 11.3 Å². The maximum atomic E-state index is 12.6. The second-order valence-electron chi connectivity index (χ2n) is 5.94. The van der Waals surface area contributed by atoms with E-state index in [2.05, 4.69) is 20.7 Å². The lowest BCUT2D eigenvalue weighted by Gasteiger charge is -2.17. The number of tetrazole rings is 1. The zero-order chi connectivity index (χ0) is 18.5. The molecule has 1 atom stereocenters. The van der Waals surface area contributed by atoms with E-state index in [1.807, 2.05) is 78.2 Å². The number of benzene rings is 2. The average Bonchev–Trinajstić information content (AvgIpc) is 3.40. The molecule has 27 heavy (non-hydrogen) atoms. The summed E-state index contributed by atoms with van der Waals surface area (Å²) in [6.07, 6.45) is 0. The van der Waals surface area contributed by atoms with Gasteiger partial charge in [0.2, 0.25) is 11.7 Å². The van der Waals surface area contributed by atoms with Crippen LogP contribution in [0.3, 0.4) is 0 Å². The largest absolute Gasteiger partial charge is 0.343 e. The molecule has 0 saturated heterocycles. The van der Waals surface area contributed by atoms with Gasteiger partial charge in [0.1, 0.15) is 6.54 Å². The minimum absolute atomic E-state index is 0.00847. The fraction of sp³-hybridized carbons (Fsp3) is 0.100. The predicted octanol–water partition coefficient (Wildman–Crippen LogP) is 3.31. The smallest absolute Gasteiger partial charge is 0.244 e. The molecule has 0 aliphatic heterocycles. The van der Waals surface area contributed by atoms with Crippen LogP contribution in [0.2, 0.25) is 0 Å². The molecule has 0 unspecified atom stereocenters. The molecule has 6 nitrogen and oxygen atoms in total. The van der Waals surface area contributed by atoms with Crippen LogP contribution in [0.5, 0.6) is 0 Å². The predicted molar refractivity (Wildman–Crippen MR) is 104 cm³/mol. The number of hydrogen-bond donors (Lipinski definition) is 1. The number of rotatable bonds is 6. The third-order valence-corrected chi connectivity index (χ3v) is 4.97. The van der Waals surface area contributed by atoms with E-state index in [0.717, 1.165) is 16.0 Å². The number of aromatic nitrogens is 4. The van der Waals surface area contributed by atoms with Crippen LogP contribution in [-0.4, -0.2) is 26.1 Å². The standard InChI is InChI=1S/C20H17N5OS/c26-18(14-25-23-20(22-24-25)16-10-5-2-6-11-16)21-19(17-12-7-13-27-17)15-8-3-1-4-9-15/h1-13,19H,14H2,(H,21,26)/t19-/m1/s1. The maximum absolute atomic E-state index is 12.6. The maximum Gasteiger partial charge on any atom is 0.244 e. The van der Waals surface area contributed by atoms with Gasteiger partial charge in [-0.15, -0.1) is 21.5 Å². The van der Waals surface area contributed by atoms with Gasteiger partial charge in [0.15, 0.2) is 0 Å². The first-order chi connectivity index (χ1) is 13.3. The summed E-state index contributed by atoms with van der Waals surface area (Å²) in [5, 5.41) is 17.4. The van der Waals surface area contributed by atoms with Gasteiger partial charge in [0.25, 0.3) is 0 Å². The van der Waals surface area contributed by atoms with Crippen LogP contribution < -0.4 is 5.32 Å². The van der Waals surface area contributed by atoms with Gasteiger partial charge in [-0.25, -0.2) is 0 Å². The molecule has 0 spiro atoms. The number of thiophene rings is 1. The number of nitrogens with zero attached hydrogens (tertiary/aromatic N) is 4. The quantitative estimate of drug-likeness (QED) is 0.561. The molecule has 0 radical (unpaired) electrons. The van der Waals surface area contributed by atoms with Gasteiger partial charge >= 0.3 is 0 Å². The molecule has 0 aliphatic carbocycles. The van der Waals surface area contributed by atoms with Gasteiger partial charge in [0, 0.05) is 10.4 Å². The van der Waals surface area contributed by atoms with Crippen molar-refractivity contribution in [1.29, 1.82) is 0 Å². The number of amides is 1. The zero-order valence-corrected chi connectivity index (χ0v) is 15.2. The molecule has 134 valence electrons. The topological polar surface area (TPSA) is 72.7 Å². The van der Waals surface area contributed by atoms with Gasteiger partial charge in [-0.05, 0) is 22.2 Å². The Labute approximate surface area is 160 Å². The Bertz CT molecular complexity index is 999. The molecule has 2 heterocycles. The van der Waals surface area contributed by atoms with E-state index >= 15 is 0 Å². The lowest BCUT2D eigenvalue weighted by Crippen LogP contribution is -2.32.